The number of rotatable bonds is 3. The van der Waals surface area contributed by atoms with E-state index in [1.54, 1.807) is 6.07 Å². The summed E-state index contributed by atoms with van der Waals surface area (Å²) in [6, 6.07) is 1.70. The number of aromatic nitrogens is 5. The summed E-state index contributed by atoms with van der Waals surface area (Å²) >= 11 is 0. The van der Waals surface area contributed by atoms with Crippen molar-refractivity contribution >= 4 is 11.5 Å². The molecule has 8 nitrogen and oxygen atoms in total. The van der Waals surface area contributed by atoms with Gasteiger partial charge in [0.1, 0.15) is 11.5 Å². The number of alkyl halides is 3. The molecule has 1 aliphatic heterocycles. The van der Waals surface area contributed by atoms with Gasteiger partial charge in [0.15, 0.2) is 17.2 Å². The lowest BCUT2D eigenvalue weighted by atomic mass is 10.3. The number of morpholine rings is 1. The van der Waals surface area contributed by atoms with E-state index in [0.717, 1.165) is 12.4 Å². The molecule has 0 aliphatic carbocycles. The van der Waals surface area contributed by atoms with Crippen LogP contribution < -0.4 is 4.90 Å². The van der Waals surface area contributed by atoms with Crippen molar-refractivity contribution in [1.29, 1.82) is 0 Å². The van der Waals surface area contributed by atoms with Crippen LogP contribution in [0.4, 0.5) is 19.0 Å². The Morgan fingerprint density at radius 3 is 2.85 bits per heavy atom. The lowest BCUT2D eigenvalue weighted by Gasteiger charge is -2.32. The molecule has 1 N–H and O–H groups in total. The summed E-state index contributed by atoms with van der Waals surface area (Å²) in [4.78, 5) is 18.0. The zero-order valence-electron chi connectivity index (χ0n) is 14.0. The molecule has 0 radical (unpaired) electrons. The number of aliphatic hydroxyl groups is 1. The van der Waals surface area contributed by atoms with E-state index in [1.807, 2.05) is 4.90 Å². The van der Waals surface area contributed by atoms with Crippen molar-refractivity contribution in [2.24, 2.45) is 0 Å². The average Bonchev–Trinajstić information content (AvgIpc) is 3.11. The van der Waals surface area contributed by atoms with Crippen LogP contribution in [0, 0.1) is 0 Å². The highest BCUT2D eigenvalue weighted by Crippen LogP contribution is 2.28. The lowest BCUT2D eigenvalue weighted by Crippen LogP contribution is -2.44. The van der Waals surface area contributed by atoms with Gasteiger partial charge in [0.2, 0.25) is 0 Å². The molecule has 0 amide bonds. The molecule has 1 saturated heterocycles. The SMILES string of the molecule is OCC1CN(c2ccnc(-c3cnc4cnc(C(F)(F)F)cn34)n2)CCO1. The summed E-state index contributed by atoms with van der Waals surface area (Å²) in [5.41, 5.74) is -0.435. The minimum absolute atomic E-state index is 0.102. The predicted molar refractivity (Wildman–Crippen MR) is 88.1 cm³/mol. The third-order valence-electron chi connectivity index (χ3n) is 4.22. The Morgan fingerprint density at radius 1 is 1.22 bits per heavy atom. The highest BCUT2D eigenvalue weighted by molar-refractivity contribution is 5.58. The molecule has 142 valence electrons. The molecule has 4 heterocycles. The minimum atomic E-state index is -4.56. The van der Waals surface area contributed by atoms with Crippen molar-refractivity contribution in [2.75, 3.05) is 31.2 Å². The number of halogens is 3. The highest BCUT2D eigenvalue weighted by Gasteiger charge is 2.33. The molecule has 0 spiro atoms. The van der Waals surface area contributed by atoms with Crippen LogP contribution in [-0.4, -0.2) is 61.9 Å². The topological polar surface area (TPSA) is 88.7 Å². The van der Waals surface area contributed by atoms with Crippen LogP contribution in [0.1, 0.15) is 5.69 Å². The molecule has 0 bridgehead atoms. The largest absolute Gasteiger partial charge is 0.434 e. The molecule has 4 rings (SSSR count). The van der Waals surface area contributed by atoms with Crippen LogP contribution in [0.5, 0.6) is 0 Å². The highest BCUT2D eigenvalue weighted by atomic mass is 19.4. The molecule has 11 heteroatoms. The van der Waals surface area contributed by atoms with Gasteiger partial charge in [0.25, 0.3) is 0 Å². The molecule has 3 aromatic rings. The molecular formula is C16H15F3N6O2. The fraction of sp³-hybridized carbons (Fsp3) is 0.375. The molecular weight excluding hydrogens is 365 g/mol. The first-order valence-corrected chi connectivity index (χ1v) is 8.17. The van der Waals surface area contributed by atoms with Crippen molar-refractivity contribution < 1.29 is 23.0 Å². The zero-order chi connectivity index (χ0) is 19.0. The van der Waals surface area contributed by atoms with E-state index < -0.39 is 11.9 Å². The Kier molecular flexibility index (Phi) is 4.40. The number of fused-ring (bicyclic) bond motifs is 1. The summed E-state index contributed by atoms with van der Waals surface area (Å²) < 4.78 is 45.6. The lowest BCUT2D eigenvalue weighted by molar-refractivity contribution is -0.141. The Labute approximate surface area is 151 Å². The van der Waals surface area contributed by atoms with Crippen molar-refractivity contribution in [3.63, 3.8) is 0 Å². The van der Waals surface area contributed by atoms with Gasteiger partial charge in [-0.15, -0.1) is 0 Å². The number of ether oxygens (including phenoxy) is 1. The number of hydrogen-bond donors (Lipinski definition) is 1. The molecule has 1 unspecified atom stereocenters. The number of anilines is 1. The van der Waals surface area contributed by atoms with Gasteiger partial charge in [0, 0.05) is 25.5 Å². The third kappa shape index (κ3) is 3.43. The van der Waals surface area contributed by atoms with E-state index in [9.17, 15) is 18.3 Å². The quantitative estimate of drug-likeness (QED) is 0.735. The second kappa shape index (κ2) is 6.74. The van der Waals surface area contributed by atoms with E-state index in [2.05, 4.69) is 19.9 Å². The molecule has 27 heavy (non-hydrogen) atoms. The van der Waals surface area contributed by atoms with Crippen LogP contribution in [0.3, 0.4) is 0 Å². The van der Waals surface area contributed by atoms with Crippen LogP contribution in [-0.2, 0) is 10.9 Å². The van der Waals surface area contributed by atoms with Crippen LogP contribution in [0.25, 0.3) is 17.2 Å². The monoisotopic (exact) mass is 380 g/mol. The van der Waals surface area contributed by atoms with Crippen molar-refractivity contribution in [1.82, 2.24) is 24.3 Å². The fourth-order valence-corrected chi connectivity index (χ4v) is 2.89. The maximum atomic E-state index is 13.0. The fourth-order valence-electron chi connectivity index (χ4n) is 2.89. The molecule has 1 atom stereocenters. The molecule has 0 aromatic carbocycles. The van der Waals surface area contributed by atoms with E-state index in [0.29, 0.717) is 31.2 Å². The Hall–Kier alpha value is -2.79. The van der Waals surface area contributed by atoms with Gasteiger partial charge in [0.05, 0.1) is 31.7 Å². The number of hydrogen-bond acceptors (Lipinski definition) is 7. The van der Waals surface area contributed by atoms with Gasteiger partial charge in [-0.2, -0.15) is 13.2 Å². The summed E-state index contributed by atoms with van der Waals surface area (Å²) in [6.07, 6.45) is 0.00600. The normalized spacial score (nSPS) is 18.2. The van der Waals surface area contributed by atoms with Gasteiger partial charge in [-0.05, 0) is 6.07 Å². The predicted octanol–water partition coefficient (Wildman–Crippen LogP) is 1.40. The van der Waals surface area contributed by atoms with E-state index >= 15 is 0 Å². The van der Waals surface area contributed by atoms with Gasteiger partial charge in [-0.1, -0.05) is 0 Å². The summed E-state index contributed by atoms with van der Waals surface area (Å²) in [5, 5.41) is 9.28. The minimum Gasteiger partial charge on any atom is -0.394 e. The molecule has 1 aliphatic rings. The Bertz CT molecular complexity index is 961. The summed E-state index contributed by atoms with van der Waals surface area (Å²) in [5.74, 6) is 0.841. The summed E-state index contributed by atoms with van der Waals surface area (Å²) in [6.45, 7) is 1.39. The second-order valence-corrected chi connectivity index (χ2v) is 6.00. The maximum Gasteiger partial charge on any atom is 0.434 e. The molecule has 1 fully saturated rings. The first-order valence-electron chi connectivity index (χ1n) is 8.17. The number of aliphatic hydroxyl groups excluding tert-OH is 1. The number of imidazole rings is 1. The van der Waals surface area contributed by atoms with Crippen LogP contribution in [0.2, 0.25) is 0 Å². The smallest absolute Gasteiger partial charge is 0.394 e. The van der Waals surface area contributed by atoms with Crippen LogP contribution >= 0.6 is 0 Å². The van der Waals surface area contributed by atoms with Crippen LogP contribution in [0.15, 0.2) is 30.9 Å². The maximum absolute atomic E-state index is 13.0. The first-order chi connectivity index (χ1) is 13.0. The molecule has 0 saturated carbocycles. The van der Waals surface area contributed by atoms with E-state index in [4.69, 9.17) is 4.74 Å². The number of nitrogens with zero attached hydrogens (tertiary/aromatic N) is 6. The van der Waals surface area contributed by atoms with Gasteiger partial charge in [-0.3, -0.25) is 4.40 Å². The van der Waals surface area contributed by atoms with Crippen molar-refractivity contribution in [3.05, 3.63) is 36.5 Å². The van der Waals surface area contributed by atoms with Crippen molar-refractivity contribution in [3.8, 4) is 11.5 Å². The van der Waals surface area contributed by atoms with E-state index in [1.165, 1.54) is 16.8 Å². The summed E-state index contributed by atoms with van der Waals surface area (Å²) in [7, 11) is 0. The third-order valence-corrected chi connectivity index (χ3v) is 4.22. The van der Waals surface area contributed by atoms with Crippen molar-refractivity contribution in [2.45, 2.75) is 12.3 Å². The average molecular weight is 380 g/mol. The van der Waals surface area contributed by atoms with Gasteiger partial charge < -0.3 is 14.7 Å². The van der Waals surface area contributed by atoms with Gasteiger partial charge >= 0.3 is 6.18 Å². The zero-order valence-corrected chi connectivity index (χ0v) is 14.0. The molecule has 3 aromatic heterocycles. The standard InChI is InChI=1S/C16H15F3N6O2/c17-16(18,19)12-8-25-11(5-22-14(25)6-21-12)15-20-2-1-13(23-15)24-3-4-27-10(7-24)9-26/h1-2,5-6,8,10,26H,3-4,7,9H2. The first kappa shape index (κ1) is 17.6. The second-order valence-electron chi connectivity index (χ2n) is 6.00. The van der Waals surface area contributed by atoms with Gasteiger partial charge in [-0.25, -0.2) is 19.9 Å². The Morgan fingerprint density at radius 2 is 2.07 bits per heavy atom. The Balaban J connectivity index is 1.71. The van der Waals surface area contributed by atoms with E-state index in [-0.39, 0.29) is 24.2 Å².